The number of nitrogens with zero attached hydrogens (tertiary/aromatic N) is 3. The van der Waals surface area contributed by atoms with Crippen molar-refractivity contribution >= 4 is 0 Å². The zero-order valence-electron chi connectivity index (χ0n) is 17.6. The maximum atomic E-state index is 14.5. The fourth-order valence-electron chi connectivity index (χ4n) is 4.63. The van der Waals surface area contributed by atoms with Gasteiger partial charge >= 0.3 is 0 Å². The van der Waals surface area contributed by atoms with Crippen LogP contribution in [0, 0.1) is 25.6 Å². The Morgan fingerprint density at radius 2 is 2.00 bits per heavy atom. The molecule has 28 heavy (non-hydrogen) atoms. The lowest BCUT2D eigenvalue weighted by atomic mass is 9.92. The fraction of sp³-hybridized carbons (Fsp3) is 0.591. The molecule has 1 aromatic heterocycles. The first-order chi connectivity index (χ1) is 13.3. The monoisotopic (exact) mass is 388 g/mol. The molecule has 0 unspecified atom stereocenters. The van der Waals surface area contributed by atoms with Crippen LogP contribution in [-0.2, 0) is 6.54 Å². The van der Waals surface area contributed by atoms with Crippen molar-refractivity contribution in [3.05, 3.63) is 52.6 Å². The molecule has 0 saturated carbocycles. The second-order valence-corrected chi connectivity index (χ2v) is 8.28. The van der Waals surface area contributed by atoms with Gasteiger partial charge in [-0.2, -0.15) is 5.10 Å². The first-order valence-corrected chi connectivity index (χ1v) is 10.2. The van der Waals surface area contributed by atoms with E-state index in [1.54, 1.807) is 6.07 Å². The number of hydrogen-bond acceptors (Lipinski definition) is 4. The van der Waals surface area contributed by atoms with Gasteiger partial charge in [-0.15, -0.1) is 0 Å². The van der Waals surface area contributed by atoms with Crippen molar-refractivity contribution in [2.75, 3.05) is 20.2 Å². The molecule has 0 aliphatic carbocycles. The molecule has 6 heteroatoms. The molecule has 1 aromatic carbocycles. The largest absolute Gasteiger partial charge is 0.395 e. The Morgan fingerprint density at radius 1 is 1.29 bits per heavy atom. The van der Waals surface area contributed by atoms with Crippen molar-refractivity contribution < 1.29 is 9.50 Å². The number of rotatable bonds is 7. The van der Waals surface area contributed by atoms with E-state index in [2.05, 4.69) is 47.7 Å². The summed E-state index contributed by atoms with van der Waals surface area (Å²) in [7, 11) is 1.99. The van der Waals surface area contributed by atoms with Crippen LogP contribution in [0.5, 0.6) is 0 Å². The van der Waals surface area contributed by atoms with Gasteiger partial charge in [-0.25, -0.2) is 4.39 Å². The summed E-state index contributed by atoms with van der Waals surface area (Å²) in [5.41, 5.74) is 4.21. The Labute approximate surface area is 167 Å². The number of likely N-dealkylation sites (tertiary alicyclic amines) is 1. The SMILES string of the molecule is Cc1nn(C(C)C)c(C)c1CNC[C@H]1C[C@@H](CO)N(C)[C@H]1c1ccccc1F. The number of benzene rings is 1. The highest BCUT2D eigenvalue weighted by Crippen LogP contribution is 2.40. The summed E-state index contributed by atoms with van der Waals surface area (Å²) < 4.78 is 16.5. The third-order valence-electron chi connectivity index (χ3n) is 6.14. The predicted molar refractivity (Wildman–Crippen MR) is 110 cm³/mol. The highest BCUT2D eigenvalue weighted by molar-refractivity contribution is 5.26. The number of aromatic nitrogens is 2. The number of halogens is 1. The van der Waals surface area contributed by atoms with Crippen molar-refractivity contribution in [2.24, 2.45) is 5.92 Å². The van der Waals surface area contributed by atoms with Crippen LogP contribution in [0.4, 0.5) is 4.39 Å². The molecule has 154 valence electrons. The highest BCUT2D eigenvalue weighted by Gasteiger charge is 2.40. The third-order valence-corrected chi connectivity index (χ3v) is 6.14. The van der Waals surface area contributed by atoms with Gasteiger partial charge in [-0.1, -0.05) is 18.2 Å². The van der Waals surface area contributed by atoms with Crippen molar-refractivity contribution in [3.63, 3.8) is 0 Å². The molecule has 1 fully saturated rings. The molecule has 2 aromatic rings. The predicted octanol–water partition coefficient (Wildman–Crippen LogP) is 3.36. The molecule has 0 bridgehead atoms. The second-order valence-electron chi connectivity index (χ2n) is 8.28. The Kier molecular flexibility index (Phi) is 6.53. The summed E-state index contributed by atoms with van der Waals surface area (Å²) >= 11 is 0. The molecule has 2 N–H and O–H groups in total. The molecule has 3 rings (SSSR count). The molecular formula is C22H33FN4O. The van der Waals surface area contributed by atoms with E-state index in [9.17, 15) is 9.50 Å². The standard InChI is InChI=1S/C22H33FN4O/c1-14(2)27-16(4)20(15(3)25-27)12-24-11-17-10-18(13-28)26(5)22(17)19-8-6-7-9-21(19)23/h6-9,14,17-18,22,24,28H,10-13H2,1-5H3/t17-,18+,22-/m1/s1. The van der Waals surface area contributed by atoms with E-state index in [1.807, 2.05) is 19.2 Å². The van der Waals surface area contributed by atoms with E-state index in [0.717, 1.165) is 25.2 Å². The van der Waals surface area contributed by atoms with Gasteiger partial charge < -0.3 is 10.4 Å². The Bertz CT molecular complexity index is 804. The zero-order valence-corrected chi connectivity index (χ0v) is 17.6. The first-order valence-electron chi connectivity index (χ1n) is 10.2. The number of hydrogen-bond donors (Lipinski definition) is 2. The Morgan fingerprint density at radius 3 is 2.61 bits per heavy atom. The van der Waals surface area contributed by atoms with Crippen LogP contribution in [0.1, 0.15) is 54.9 Å². The number of aliphatic hydroxyl groups is 1. The number of likely N-dealkylation sites (N-methyl/N-ethyl adjacent to an activating group) is 1. The smallest absolute Gasteiger partial charge is 0.127 e. The average Bonchev–Trinajstić information content (AvgIpc) is 3.13. The van der Waals surface area contributed by atoms with Gasteiger partial charge in [0.1, 0.15) is 5.82 Å². The minimum absolute atomic E-state index is 0.0357. The summed E-state index contributed by atoms with van der Waals surface area (Å²) in [6.45, 7) is 10.1. The lowest BCUT2D eigenvalue weighted by Crippen LogP contribution is -2.32. The lowest BCUT2D eigenvalue weighted by molar-refractivity contribution is 0.151. The quantitative estimate of drug-likeness (QED) is 0.764. The normalized spacial score (nSPS) is 23.1. The Hall–Kier alpha value is -1.76. The van der Waals surface area contributed by atoms with Gasteiger partial charge in [0.15, 0.2) is 0 Å². The lowest BCUT2D eigenvalue weighted by Gasteiger charge is -2.28. The summed E-state index contributed by atoms with van der Waals surface area (Å²) in [6.07, 6.45) is 0.849. The molecule has 2 heterocycles. The molecule has 1 aliphatic heterocycles. The molecule has 3 atom stereocenters. The van der Waals surface area contributed by atoms with Crippen LogP contribution in [0.2, 0.25) is 0 Å². The van der Waals surface area contributed by atoms with Crippen molar-refractivity contribution in [1.29, 1.82) is 0 Å². The number of aliphatic hydroxyl groups excluding tert-OH is 1. The molecule has 1 aliphatic rings. The second kappa shape index (κ2) is 8.72. The maximum Gasteiger partial charge on any atom is 0.127 e. The molecule has 5 nitrogen and oxygen atoms in total. The number of nitrogens with one attached hydrogen (secondary N) is 1. The minimum Gasteiger partial charge on any atom is -0.395 e. The molecule has 0 radical (unpaired) electrons. The number of aryl methyl sites for hydroxylation is 1. The maximum absolute atomic E-state index is 14.5. The fourth-order valence-corrected chi connectivity index (χ4v) is 4.63. The van der Waals surface area contributed by atoms with Gasteiger partial charge in [-0.05, 0) is 53.1 Å². The summed E-state index contributed by atoms with van der Waals surface area (Å²) in [4.78, 5) is 2.12. The minimum atomic E-state index is -0.173. The molecule has 0 spiro atoms. The van der Waals surface area contributed by atoms with Crippen LogP contribution in [0.15, 0.2) is 24.3 Å². The van der Waals surface area contributed by atoms with Gasteiger partial charge in [0.05, 0.1) is 12.3 Å². The van der Waals surface area contributed by atoms with Gasteiger partial charge in [0.25, 0.3) is 0 Å². The van der Waals surface area contributed by atoms with Crippen LogP contribution >= 0.6 is 0 Å². The van der Waals surface area contributed by atoms with E-state index in [1.165, 1.54) is 17.3 Å². The van der Waals surface area contributed by atoms with Crippen molar-refractivity contribution in [2.45, 2.75) is 58.8 Å². The van der Waals surface area contributed by atoms with Gasteiger partial charge in [-0.3, -0.25) is 9.58 Å². The molecular weight excluding hydrogens is 355 g/mol. The zero-order chi connectivity index (χ0) is 20.4. The van der Waals surface area contributed by atoms with E-state index in [-0.39, 0.29) is 30.4 Å². The van der Waals surface area contributed by atoms with Crippen LogP contribution in [-0.4, -0.2) is 46.0 Å². The topological polar surface area (TPSA) is 53.3 Å². The Balaban J connectivity index is 1.73. The van der Waals surface area contributed by atoms with E-state index in [4.69, 9.17) is 0 Å². The van der Waals surface area contributed by atoms with Crippen LogP contribution in [0.25, 0.3) is 0 Å². The van der Waals surface area contributed by atoms with Crippen molar-refractivity contribution in [1.82, 2.24) is 20.0 Å². The van der Waals surface area contributed by atoms with Gasteiger partial charge in [0, 0.05) is 48.0 Å². The van der Waals surface area contributed by atoms with Gasteiger partial charge in [0.2, 0.25) is 0 Å². The summed E-state index contributed by atoms with van der Waals surface area (Å²) in [5, 5.41) is 18.0. The molecule has 0 amide bonds. The first kappa shape index (κ1) is 21.0. The van der Waals surface area contributed by atoms with Crippen LogP contribution in [0.3, 0.4) is 0 Å². The average molecular weight is 389 g/mol. The molecule has 1 saturated heterocycles. The third kappa shape index (κ3) is 4.00. The van der Waals surface area contributed by atoms with E-state index in [0.29, 0.717) is 11.6 Å². The highest BCUT2D eigenvalue weighted by atomic mass is 19.1. The summed E-state index contributed by atoms with van der Waals surface area (Å²) in [5.74, 6) is 0.0626. The van der Waals surface area contributed by atoms with Crippen molar-refractivity contribution in [3.8, 4) is 0 Å². The van der Waals surface area contributed by atoms with E-state index < -0.39 is 0 Å². The summed E-state index contributed by atoms with van der Waals surface area (Å²) in [6, 6.07) is 7.36. The van der Waals surface area contributed by atoms with Crippen LogP contribution < -0.4 is 5.32 Å². The van der Waals surface area contributed by atoms with E-state index >= 15 is 0 Å².